The molecule has 0 bridgehead atoms. The summed E-state index contributed by atoms with van der Waals surface area (Å²) in [6, 6.07) is 0. The lowest BCUT2D eigenvalue weighted by Gasteiger charge is -2.23. The largest absolute Gasteiger partial charge is 0.466 e. The van der Waals surface area contributed by atoms with Gasteiger partial charge in [0.05, 0.1) is 20.3 Å². The first-order chi connectivity index (χ1) is 22.9. The second-order valence-electron chi connectivity index (χ2n) is 13.2. The number of rotatable bonds is 34. The van der Waals surface area contributed by atoms with Crippen molar-refractivity contribution in [3.63, 3.8) is 0 Å². The third kappa shape index (κ3) is 30.0. The molecule has 0 radical (unpaired) electrons. The molecule has 1 amide bonds. The molecular weight excluding hydrogens is 596 g/mol. The van der Waals surface area contributed by atoms with Crippen molar-refractivity contribution in [2.45, 2.75) is 187 Å². The Labute approximate surface area is 288 Å². The third-order valence-corrected chi connectivity index (χ3v) is 8.76. The molecule has 0 rings (SSSR count). The minimum Gasteiger partial charge on any atom is -0.466 e. The molecule has 0 aliphatic rings. The molecule has 9 heteroatoms. The molecule has 0 spiro atoms. The van der Waals surface area contributed by atoms with Crippen LogP contribution in [0.25, 0.3) is 0 Å². The quantitative estimate of drug-likeness (QED) is 0.0237. The van der Waals surface area contributed by atoms with Crippen LogP contribution in [0.15, 0.2) is 0 Å². The Morgan fingerprint density at radius 2 is 1.04 bits per heavy atom. The number of ether oxygens (including phenoxy) is 3. The number of hydroxylamine groups is 2. The van der Waals surface area contributed by atoms with E-state index in [4.69, 9.17) is 9.47 Å². The van der Waals surface area contributed by atoms with Crippen LogP contribution in [0.5, 0.6) is 0 Å². The van der Waals surface area contributed by atoms with Crippen LogP contribution in [0.3, 0.4) is 0 Å². The molecule has 0 aromatic heterocycles. The van der Waals surface area contributed by atoms with Crippen molar-refractivity contribution in [2.75, 3.05) is 39.9 Å². The number of unbranched alkanes of at least 4 members (excludes halogenated alkanes) is 15. The van der Waals surface area contributed by atoms with Crippen molar-refractivity contribution in [3.05, 3.63) is 0 Å². The highest BCUT2D eigenvalue weighted by molar-refractivity contribution is 5.69. The molecule has 0 saturated heterocycles. The SMILES string of the molecule is CCCCCCCOC(=O)CCCCCCCN(CCCCCCCC(=O)OC(CCCC)CCCCC)CCCN(O)C(=O)OC. The molecule has 0 aromatic rings. The third-order valence-electron chi connectivity index (χ3n) is 8.76. The molecule has 0 aliphatic carbocycles. The summed E-state index contributed by atoms with van der Waals surface area (Å²) in [5, 5.41) is 10.4. The molecule has 0 aromatic carbocycles. The van der Waals surface area contributed by atoms with Gasteiger partial charge in [-0.15, -0.1) is 0 Å². The van der Waals surface area contributed by atoms with Crippen molar-refractivity contribution in [1.82, 2.24) is 9.96 Å². The van der Waals surface area contributed by atoms with Crippen LogP contribution in [-0.4, -0.2) is 79.2 Å². The number of hydrogen-bond acceptors (Lipinski definition) is 8. The van der Waals surface area contributed by atoms with Gasteiger partial charge in [0, 0.05) is 12.8 Å². The highest BCUT2D eigenvalue weighted by atomic mass is 16.6. The van der Waals surface area contributed by atoms with Crippen molar-refractivity contribution < 1.29 is 33.8 Å². The summed E-state index contributed by atoms with van der Waals surface area (Å²) in [7, 11) is 1.26. The molecule has 1 atom stereocenters. The lowest BCUT2D eigenvalue weighted by atomic mass is 10.1. The summed E-state index contributed by atoms with van der Waals surface area (Å²) in [4.78, 5) is 38.3. The van der Waals surface area contributed by atoms with E-state index in [9.17, 15) is 19.6 Å². The monoisotopic (exact) mass is 671 g/mol. The molecule has 1 N–H and O–H groups in total. The van der Waals surface area contributed by atoms with Crippen molar-refractivity contribution in [1.29, 1.82) is 0 Å². The predicted molar refractivity (Wildman–Crippen MR) is 191 cm³/mol. The average molecular weight is 671 g/mol. The maximum absolute atomic E-state index is 12.4. The van der Waals surface area contributed by atoms with Crippen LogP contribution in [0.2, 0.25) is 0 Å². The predicted octanol–water partition coefficient (Wildman–Crippen LogP) is 10.0. The first-order valence-electron chi connectivity index (χ1n) is 19.5. The zero-order valence-electron chi connectivity index (χ0n) is 31.1. The molecule has 0 heterocycles. The first kappa shape index (κ1) is 45.1. The van der Waals surface area contributed by atoms with Crippen LogP contribution in [0.4, 0.5) is 4.79 Å². The fourth-order valence-corrected chi connectivity index (χ4v) is 5.77. The second kappa shape index (κ2) is 34.0. The Balaban J connectivity index is 4.25. The van der Waals surface area contributed by atoms with Gasteiger partial charge in [0.25, 0.3) is 0 Å². The number of carbonyl (C=O) groups excluding carboxylic acids is 3. The highest BCUT2D eigenvalue weighted by Crippen LogP contribution is 2.16. The molecule has 47 heavy (non-hydrogen) atoms. The standard InChI is InChI=1S/C38H74N2O7/c1-5-8-11-18-24-34-46-36(41)28-20-14-12-16-22-30-39(32-25-33-40(44)38(43)45-4)31-23-17-13-15-21-29-37(42)47-35(26-10-7-3)27-19-9-6-2/h35,44H,5-34H2,1-4H3. The number of methoxy groups -OCH3 is 1. The molecule has 9 nitrogen and oxygen atoms in total. The normalized spacial score (nSPS) is 11.9. The van der Waals surface area contributed by atoms with Gasteiger partial charge in [-0.3, -0.25) is 14.8 Å². The van der Waals surface area contributed by atoms with Gasteiger partial charge in [-0.2, -0.15) is 5.06 Å². The summed E-state index contributed by atoms with van der Waals surface area (Å²) in [6.07, 6.45) is 25.0. The van der Waals surface area contributed by atoms with E-state index in [-0.39, 0.29) is 24.6 Å². The van der Waals surface area contributed by atoms with Gasteiger partial charge in [-0.1, -0.05) is 111 Å². The summed E-state index contributed by atoms with van der Waals surface area (Å²) >= 11 is 0. The zero-order chi connectivity index (χ0) is 34.8. The van der Waals surface area contributed by atoms with E-state index in [1.165, 1.54) is 39.2 Å². The van der Waals surface area contributed by atoms with E-state index in [0.717, 1.165) is 129 Å². The van der Waals surface area contributed by atoms with E-state index in [1.54, 1.807) is 0 Å². The number of carbonyl (C=O) groups is 3. The van der Waals surface area contributed by atoms with E-state index >= 15 is 0 Å². The van der Waals surface area contributed by atoms with Gasteiger partial charge in [-0.25, -0.2) is 4.79 Å². The average Bonchev–Trinajstić information content (AvgIpc) is 3.06. The Kier molecular flexibility index (Phi) is 32.7. The Morgan fingerprint density at radius 3 is 1.66 bits per heavy atom. The molecule has 1 unspecified atom stereocenters. The van der Waals surface area contributed by atoms with Gasteiger partial charge in [0.15, 0.2) is 0 Å². The molecule has 278 valence electrons. The van der Waals surface area contributed by atoms with Crippen LogP contribution < -0.4 is 0 Å². The van der Waals surface area contributed by atoms with Gasteiger partial charge in [-0.05, 0) is 77.4 Å². The molecule has 0 aliphatic heterocycles. The number of hydrogen-bond donors (Lipinski definition) is 1. The van der Waals surface area contributed by atoms with E-state index < -0.39 is 6.09 Å². The minimum atomic E-state index is -0.732. The van der Waals surface area contributed by atoms with Crippen LogP contribution in [0, 0.1) is 0 Å². The number of esters is 2. The fourth-order valence-electron chi connectivity index (χ4n) is 5.77. The van der Waals surface area contributed by atoms with Crippen molar-refractivity contribution in [2.24, 2.45) is 0 Å². The molecular formula is C38H74N2O7. The summed E-state index contributed by atoms with van der Waals surface area (Å²) < 4.78 is 15.8. The van der Waals surface area contributed by atoms with Crippen LogP contribution in [0.1, 0.15) is 181 Å². The Hall–Kier alpha value is -1.87. The maximum Gasteiger partial charge on any atom is 0.433 e. The Morgan fingerprint density at radius 1 is 0.553 bits per heavy atom. The summed E-state index contributed by atoms with van der Waals surface area (Å²) in [5.74, 6) is -0.0999. The second-order valence-corrected chi connectivity index (χ2v) is 13.2. The smallest absolute Gasteiger partial charge is 0.433 e. The number of nitrogens with zero attached hydrogens (tertiary/aromatic N) is 2. The Bertz CT molecular complexity index is 737. The number of amides is 1. The molecule has 0 fully saturated rings. The van der Waals surface area contributed by atoms with Gasteiger partial charge < -0.3 is 19.1 Å². The topological polar surface area (TPSA) is 106 Å². The van der Waals surface area contributed by atoms with E-state index in [1.807, 2.05) is 0 Å². The van der Waals surface area contributed by atoms with Crippen molar-refractivity contribution >= 4 is 18.0 Å². The zero-order valence-corrected chi connectivity index (χ0v) is 31.1. The highest BCUT2D eigenvalue weighted by Gasteiger charge is 2.14. The lowest BCUT2D eigenvalue weighted by Crippen LogP contribution is -2.33. The summed E-state index contributed by atoms with van der Waals surface area (Å²) in [6.45, 7) is 10.1. The summed E-state index contributed by atoms with van der Waals surface area (Å²) in [5.41, 5.74) is 0. The van der Waals surface area contributed by atoms with Crippen molar-refractivity contribution in [3.8, 4) is 0 Å². The fraction of sp³-hybridized carbons (Fsp3) is 0.921. The first-order valence-corrected chi connectivity index (χ1v) is 19.5. The lowest BCUT2D eigenvalue weighted by molar-refractivity contribution is -0.150. The van der Waals surface area contributed by atoms with E-state index in [2.05, 4.69) is 30.4 Å². The van der Waals surface area contributed by atoms with Gasteiger partial charge in [0.1, 0.15) is 6.10 Å². The molecule has 0 saturated carbocycles. The van der Waals surface area contributed by atoms with Crippen LogP contribution >= 0.6 is 0 Å². The van der Waals surface area contributed by atoms with Crippen LogP contribution in [-0.2, 0) is 23.8 Å². The van der Waals surface area contributed by atoms with Gasteiger partial charge in [0.2, 0.25) is 0 Å². The van der Waals surface area contributed by atoms with Gasteiger partial charge >= 0.3 is 18.0 Å². The maximum atomic E-state index is 12.4. The van der Waals surface area contributed by atoms with E-state index in [0.29, 0.717) is 30.9 Å². The minimum absolute atomic E-state index is 0.0354.